The van der Waals surface area contributed by atoms with Crippen molar-refractivity contribution in [2.75, 3.05) is 18.5 Å². The molecule has 0 saturated carbocycles. The fourth-order valence-corrected chi connectivity index (χ4v) is 2.75. The number of fused-ring (bicyclic) bond motifs is 1. The first-order valence-electron chi connectivity index (χ1n) is 7.76. The molecule has 0 unspecified atom stereocenters. The normalized spacial score (nSPS) is 14.1. The average Bonchev–Trinajstić information content (AvgIpc) is 2.59. The molecule has 0 aliphatic carbocycles. The standard InChI is InChI=1S/C18H14BrN3O3/c19-14-5-3-12(8-15(14)25-13-9-24-10-13)18(23)22-16-6-4-11-2-1-7-20-17(11)21-16/h1-8,13H,9-10H2,(H,20,21,22,23). The average molecular weight is 400 g/mol. The highest BCUT2D eigenvalue weighted by Gasteiger charge is 2.21. The van der Waals surface area contributed by atoms with Crippen molar-refractivity contribution < 1.29 is 14.3 Å². The Bertz CT molecular complexity index is 944. The fourth-order valence-electron chi connectivity index (χ4n) is 2.41. The molecule has 0 spiro atoms. The van der Waals surface area contributed by atoms with Gasteiger partial charge in [0.1, 0.15) is 17.7 Å². The molecule has 1 N–H and O–H groups in total. The third-order valence-corrected chi connectivity index (χ3v) is 4.46. The number of nitrogens with one attached hydrogen (secondary N) is 1. The van der Waals surface area contributed by atoms with Gasteiger partial charge >= 0.3 is 0 Å². The summed E-state index contributed by atoms with van der Waals surface area (Å²) < 4.78 is 11.7. The molecule has 0 radical (unpaired) electrons. The Balaban J connectivity index is 1.54. The van der Waals surface area contributed by atoms with Gasteiger partial charge in [0.25, 0.3) is 5.91 Å². The summed E-state index contributed by atoms with van der Waals surface area (Å²) in [6, 6.07) is 12.6. The van der Waals surface area contributed by atoms with Crippen LogP contribution < -0.4 is 10.1 Å². The predicted octanol–water partition coefficient (Wildman–Crippen LogP) is 3.42. The summed E-state index contributed by atoms with van der Waals surface area (Å²) >= 11 is 3.44. The zero-order valence-corrected chi connectivity index (χ0v) is 14.7. The van der Waals surface area contributed by atoms with Gasteiger partial charge in [-0.15, -0.1) is 0 Å². The first-order chi connectivity index (χ1) is 12.2. The SMILES string of the molecule is O=C(Nc1ccc2cccnc2n1)c1ccc(Br)c(OC2COC2)c1. The van der Waals surface area contributed by atoms with E-state index in [-0.39, 0.29) is 12.0 Å². The molecule has 4 rings (SSSR count). The summed E-state index contributed by atoms with van der Waals surface area (Å²) in [5.41, 5.74) is 1.08. The molecule has 2 aromatic heterocycles. The molecule has 126 valence electrons. The van der Waals surface area contributed by atoms with Crippen molar-refractivity contribution in [3.05, 3.63) is 58.7 Å². The van der Waals surface area contributed by atoms with Crippen molar-refractivity contribution >= 4 is 38.7 Å². The Morgan fingerprint density at radius 1 is 1.24 bits per heavy atom. The van der Waals surface area contributed by atoms with E-state index in [1.807, 2.05) is 18.2 Å². The van der Waals surface area contributed by atoms with Crippen molar-refractivity contribution in [1.82, 2.24) is 9.97 Å². The molecule has 7 heteroatoms. The van der Waals surface area contributed by atoms with E-state index in [1.165, 1.54) is 0 Å². The highest BCUT2D eigenvalue weighted by atomic mass is 79.9. The topological polar surface area (TPSA) is 73.3 Å². The van der Waals surface area contributed by atoms with Gasteiger partial charge in [-0.2, -0.15) is 0 Å². The molecule has 0 atom stereocenters. The highest BCUT2D eigenvalue weighted by Crippen LogP contribution is 2.28. The maximum Gasteiger partial charge on any atom is 0.256 e. The minimum atomic E-state index is -0.259. The number of benzene rings is 1. The van der Waals surface area contributed by atoms with Gasteiger partial charge in [-0.05, 0) is 58.4 Å². The molecule has 25 heavy (non-hydrogen) atoms. The van der Waals surface area contributed by atoms with Crippen LogP contribution in [0.3, 0.4) is 0 Å². The van der Waals surface area contributed by atoms with Crippen LogP contribution in [0, 0.1) is 0 Å². The van der Waals surface area contributed by atoms with Crippen LogP contribution in [0.15, 0.2) is 53.1 Å². The summed E-state index contributed by atoms with van der Waals surface area (Å²) in [6.45, 7) is 1.13. The van der Waals surface area contributed by atoms with Crippen LogP contribution in [0.1, 0.15) is 10.4 Å². The predicted molar refractivity (Wildman–Crippen MR) is 96.9 cm³/mol. The van der Waals surface area contributed by atoms with Crippen molar-refractivity contribution in [2.45, 2.75) is 6.10 Å². The number of hydrogen-bond acceptors (Lipinski definition) is 5. The van der Waals surface area contributed by atoms with Gasteiger partial charge in [-0.25, -0.2) is 9.97 Å². The van der Waals surface area contributed by atoms with Gasteiger partial charge in [-0.3, -0.25) is 4.79 Å². The van der Waals surface area contributed by atoms with Gasteiger partial charge in [0.2, 0.25) is 0 Å². The Morgan fingerprint density at radius 3 is 2.92 bits per heavy atom. The van der Waals surface area contributed by atoms with Gasteiger partial charge < -0.3 is 14.8 Å². The van der Waals surface area contributed by atoms with E-state index in [2.05, 4.69) is 31.2 Å². The molecule has 1 amide bonds. The Labute approximate surface area is 152 Å². The molecule has 3 aromatic rings. The Kier molecular flexibility index (Phi) is 4.33. The summed E-state index contributed by atoms with van der Waals surface area (Å²) in [6.07, 6.45) is 1.70. The molecule has 1 aliphatic rings. The van der Waals surface area contributed by atoms with Gasteiger partial charge in [0.15, 0.2) is 5.65 Å². The summed E-state index contributed by atoms with van der Waals surface area (Å²) in [5, 5.41) is 3.71. The third kappa shape index (κ3) is 3.47. The Morgan fingerprint density at radius 2 is 2.12 bits per heavy atom. The molecule has 1 saturated heterocycles. The first kappa shape index (κ1) is 16.0. The zero-order valence-electron chi connectivity index (χ0n) is 13.1. The largest absolute Gasteiger partial charge is 0.484 e. The maximum atomic E-state index is 12.5. The molecular formula is C18H14BrN3O3. The summed E-state index contributed by atoms with van der Waals surface area (Å²) in [5.74, 6) is 0.813. The van der Waals surface area contributed by atoms with E-state index in [0.717, 1.165) is 9.86 Å². The monoisotopic (exact) mass is 399 g/mol. The third-order valence-electron chi connectivity index (χ3n) is 3.80. The van der Waals surface area contributed by atoms with E-state index >= 15 is 0 Å². The second-order valence-electron chi connectivity index (χ2n) is 5.62. The molecule has 0 bridgehead atoms. The molecule has 3 heterocycles. The second kappa shape index (κ2) is 6.78. The number of amides is 1. The lowest BCUT2D eigenvalue weighted by atomic mass is 10.2. The van der Waals surface area contributed by atoms with Crippen LogP contribution in [-0.4, -0.2) is 35.2 Å². The van der Waals surface area contributed by atoms with Crippen LogP contribution in [0.25, 0.3) is 11.0 Å². The number of nitrogens with zero attached hydrogens (tertiary/aromatic N) is 2. The van der Waals surface area contributed by atoms with E-state index in [4.69, 9.17) is 9.47 Å². The fraction of sp³-hybridized carbons (Fsp3) is 0.167. The number of carbonyl (C=O) groups is 1. The number of halogens is 1. The van der Waals surface area contributed by atoms with E-state index in [9.17, 15) is 4.79 Å². The number of hydrogen-bond donors (Lipinski definition) is 1. The lowest BCUT2D eigenvalue weighted by molar-refractivity contribution is -0.0799. The van der Waals surface area contributed by atoms with Crippen molar-refractivity contribution in [3.8, 4) is 5.75 Å². The van der Waals surface area contributed by atoms with Gasteiger partial charge in [0, 0.05) is 17.1 Å². The number of aromatic nitrogens is 2. The quantitative estimate of drug-likeness (QED) is 0.727. The van der Waals surface area contributed by atoms with Crippen LogP contribution in [0.5, 0.6) is 5.75 Å². The summed E-state index contributed by atoms with van der Waals surface area (Å²) in [7, 11) is 0. The van der Waals surface area contributed by atoms with Crippen LogP contribution in [-0.2, 0) is 4.74 Å². The minimum absolute atomic E-state index is 0.0304. The Hall–Kier alpha value is -2.51. The van der Waals surface area contributed by atoms with Crippen molar-refractivity contribution in [2.24, 2.45) is 0 Å². The first-order valence-corrected chi connectivity index (χ1v) is 8.55. The van der Waals surface area contributed by atoms with Crippen LogP contribution >= 0.6 is 15.9 Å². The van der Waals surface area contributed by atoms with E-state index in [1.54, 1.807) is 30.5 Å². The van der Waals surface area contributed by atoms with Gasteiger partial charge in [0.05, 0.1) is 17.7 Å². The number of ether oxygens (including phenoxy) is 2. The van der Waals surface area contributed by atoms with Crippen LogP contribution in [0.4, 0.5) is 5.82 Å². The molecular weight excluding hydrogens is 386 g/mol. The molecule has 1 aromatic carbocycles. The number of pyridine rings is 2. The highest BCUT2D eigenvalue weighted by molar-refractivity contribution is 9.10. The molecule has 6 nitrogen and oxygen atoms in total. The maximum absolute atomic E-state index is 12.5. The minimum Gasteiger partial charge on any atom is -0.484 e. The van der Waals surface area contributed by atoms with Gasteiger partial charge in [-0.1, -0.05) is 0 Å². The summed E-state index contributed by atoms with van der Waals surface area (Å²) in [4.78, 5) is 21.1. The zero-order chi connectivity index (χ0) is 17.2. The van der Waals surface area contributed by atoms with E-state index < -0.39 is 0 Å². The lowest BCUT2D eigenvalue weighted by Crippen LogP contribution is -2.38. The van der Waals surface area contributed by atoms with E-state index in [0.29, 0.717) is 36.0 Å². The van der Waals surface area contributed by atoms with Crippen molar-refractivity contribution in [1.29, 1.82) is 0 Å². The number of carbonyl (C=O) groups excluding carboxylic acids is 1. The number of rotatable bonds is 4. The smallest absolute Gasteiger partial charge is 0.256 e. The second-order valence-corrected chi connectivity index (χ2v) is 6.48. The molecule has 1 fully saturated rings. The van der Waals surface area contributed by atoms with Crippen molar-refractivity contribution in [3.63, 3.8) is 0 Å². The lowest BCUT2D eigenvalue weighted by Gasteiger charge is -2.27. The number of anilines is 1. The van der Waals surface area contributed by atoms with Crippen LogP contribution in [0.2, 0.25) is 0 Å². The molecule has 1 aliphatic heterocycles.